The molecule has 3 nitrogen and oxygen atoms in total. The van der Waals surface area contributed by atoms with Crippen molar-refractivity contribution < 1.29 is 4.79 Å². The molecule has 0 unspecified atom stereocenters. The predicted octanol–water partition coefficient (Wildman–Crippen LogP) is 2.47. The number of amides is 2. The number of benzene rings is 2. The first-order chi connectivity index (χ1) is 7.34. The van der Waals surface area contributed by atoms with Crippen LogP contribution in [0.4, 0.5) is 10.5 Å². The molecule has 2 amide bonds. The van der Waals surface area contributed by atoms with E-state index in [-0.39, 0.29) is 6.03 Å². The standard InChI is InChI=1S/C12H10N2O/c15-12-13-7-10-9-4-2-1-3-8(9)5-6-11(10)14-12/h1-6H,7H2,(H2,13,14,15). The molecule has 0 radical (unpaired) electrons. The van der Waals surface area contributed by atoms with Crippen molar-refractivity contribution >= 4 is 22.5 Å². The first-order valence-electron chi connectivity index (χ1n) is 4.90. The predicted molar refractivity (Wildman–Crippen MR) is 59.8 cm³/mol. The zero-order chi connectivity index (χ0) is 10.3. The molecule has 74 valence electrons. The number of nitrogens with one attached hydrogen (secondary N) is 2. The molecule has 15 heavy (non-hydrogen) atoms. The SMILES string of the molecule is O=C1NCc2c(ccc3ccccc23)N1. The van der Waals surface area contributed by atoms with Crippen molar-refractivity contribution in [2.45, 2.75) is 6.54 Å². The Morgan fingerprint density at radius 2 is 1.93 bits per heavy atom. The topological polar surface area (TPSA) is 41.1 Å². The fraction of sp³-hybridized carbons (Fsp3) is 0.0833. The third-order valence-corrected chi connectivity index (χ3v) is 2.71. The van der Waals surface area contributed by atoms with Crippen molar-refractivity contribution in [1.82, 2.24) is 5.32 Å². The first-order valence-corrected chi connectivity index (χ1v) is 4.90. The van der Waals surface area contributed by atoms with Crippen LogP contribution in [0.15, 0.2) is 36.4 Å². The molecule has 1 heterocycles. The molecule has 0 atom stereocenters. The molecule has 0 saturated heterocycles. The van der Waals surface area contributed by atoms with E-state index in [2.05, 4.69) is 22.8 Å². The lowest BCUT2D eigenvalue weighted by Crippen LogP contribution is -2.33. The molecule has 1 aliphatic rings. The molecule has 0 spiro atoms. The van der Waals surface area contributed by atoms with Crippen molar-refractivity contribution in [3.63, 3.8) is 0 Å². The Labute approximate surface area is 87.1 Å². The summed E-state index contributed by atoms with van der Waals surface area (Å²) in [6.07, 6.45) is 0. The highest BCUT2D eigenvalue weighted by atomic mass is 16.2. The summed E-state index contributed by atoms with van der Waals surface area (Å²) in [6.45, 7) is 0.600. The molecule has 2 aromatic rings. The van der Waals surface area contributed by atoms with Gasteiger partial charge < -0.3 is 10.6 Å². The zero-order valence-electron chi connectivity index (χ0n) is 8.08. The molecule has 1 aliphatic heterocycles. The van der Waals surface area contributed by atoms with Gasteiger partial charge >= 0.3 is 6.03 Å². The number of hydrogen-bond donors (Lipinski definition) is 2. The number of fused-ring (bicyclic) bond motifs is 3. The Hall–Kier alpha value is -2.03. The van der Waals surface area contributed by atoms with E-state index in [1.165, 1.54) is 10.8 Å². The van der Waals surface area contributed by atoms with Gasteiger partial charge in [-0.3, -0.25) is 0 Å². The van der Waals surface area contributed by atoms with Gasteiger partial charge in [0.1, 0.15) is 0 Å². The van der Waals surface area contributed by atoms with E-state index in [0.717, 1.165) is 11.3 Å². The Morgan fingerprint density at radius 1 is 1.07 bits per heavy atom. The fourth-order valence-corrected chi connectivity index (χ4v) is 1.98. The normalized spacial score (nSPS) is 14.3. The highest BCUT2D eigenvalue weighted by Gasteiger charge is 2.15. The lowest BCUT2D eigenvalue weighted by Gasteiger charge is -2.19. The zero-order valence-corrected chi connectivity index (χ0v) is 8.08. The Kier molecular flexibility index (Phi) is 1.65. The Bertz CT molecular complexity index is 548. The molecule has 2 N–H and O–H groups in total. The first kappa shape index (κ1) is 8.29. The molecule has 2 aromatic carbocycles. The van der Waals surface area contributed by atoms with Crippen LogP contribution in [0, 0.1) is 0 Å². The fourth-order valence-electron chi connectivity index (χ4n) is 1.98. The van der Waals surface area contributed by atoms with Gasteiger partial charge in [0.15, 0.2) is 0 Å². The van der Waals surface area contributed by atoms with Crippen molar-refractivity contribution in [2.24, 2.45) is 0 Å². The molecule has 0 aromatic heterocycles. The minimum absolute atomic E-state index is 0.127. The maximum absolute atomic E-state index is 11.1. The number of urea groups is 1. The van der Waals surface area contributed by atoms with Crippen LogP contribution in [0.5, 0.6) is 0 Å². The minimum Gasteiger partial charge on any atom is -0.334 e. The second-order valence-electron chi connectivity index (χ2n) is 3.62. The van der Waals surface area contributed by atoms with Crippen molar-refractivity contribution in [3.05, 3.63) is 42.0 Å². The summed E-state index contributed by atoms with van der Waals surface area (Å²) in [6, 6.07) is 12.0. The van der Waals surface area contributed by atoms with Crippen molar-refractivity contribution in [3.8, 4) is 0 Å². The monoisotopic (exact) mass is 198 g/mol. The third-order valence-electron chi connectivity index (χ3n) is 2.71. The van der Waals surface area contributed by atoms with Crippen LogP contribution in [-0.2, 0) is 6.54 Å². The highest BCUT2D eigenvalue weighted by molar-refractivity contribution is 5.98. The van der Waals surface area contributed by atoms with Crippen LogP contribution >= 0.6 is 0 Å². The smallest absolute Gasteiger partial charge is 0.319 e. The molecule has 3 rings (SSSR count). The summed E-state index contributed by atoms with van der Waals surface area (Å²) in [4.78, 5) is 11.1. The number of hydrogen-bond acceptors (Lipinski definition) is 1. The summed E-state index contributed by atoms with van der Waals surface area (Å²) < 4.78 is 0. The molecular weight excluding hydrogens is 188 g/mol. The molecule has 0 bridgehead atoms. The summed E-state index contributed by atoms with van der Waals surface area (Å²) in [5.41, 5.74) is 2.07. The van der Waals surface area contributed by atoms with Gasteiger partial charge in [-0.15, -0.1) is 0 Å². The number of carbonyl (C=O) groups excluding carboxylic acids is 1. The molecule has 0 saturated carbocycles. The quantitative estimate of drug-likeness (QED) is 0.670. The second kappa shape index (κ2) is 2.98. The summed E-state index contributed by atoms with van der Waals surface area (Å²) >= 11 is 0. The van der Waals surface area contributed by atoms with Gasteiger partial charge in [0.05, 0.1) is 0 Å². The molecule has 3 heteroatoms. The van der Waals surface area contributed by atoms with Gasteiger partial charge in [-0.2, -0.15) is 0 Å². The van der Waals surface area contributed by atoms with Gasteiger partial charge in [0, 0.05) is 17.8 Å². The van der Waals surface area contributed by atoms with Gasteiger partial charge in [0.2, 0.25) is 0 Å². The second-order valence-corrected chi connectivity index (χ2v) is 3.62. The summed E-state index contributed by atoms with van der Waals surface area (Å²) in [7, 11) is 0. The van der Waals surface area contributed by atoms with E-state index in [0.29, 0.717) is 6.54 Å². The lowest BCUT2D eigenvalue weighted by atomic mass is 10.0. The van der Waals surface area contributed by atoms with Gasteiger partial charge in [-0.1, -0.05) is 30.3 Å². The average Bonchev–Trinajstić information content (AvgIpc) is 2.28. The molecule has 0 fully saturated rings. The maximum Gasteiger partial charge on any atom is 0.319 e. The van der Waals surface area contributed by atoms with E-state index in [1.54, 1.807) is 0 Å². The van der Waals surface area contributed by atoms with Crippen LogP contribution < -0.4 is 10.6 Å². The summed E-state index contributed by atoms with van der Waals surface area (Å²) in [5, 5.41) is 7.98. The number of rotatable bonds is 0. The maximum atomic E-state index is 11.1. The average molecular weight is 198 g/mol. The van der Waals surface area contributed by atoms with Gasteiger partial charge in [0.25, 0.3) is 0 Å². The van der Waals surface area contributed by atoms with E-state index < -0.39 is 0 Å². The third kappa shape index (κ3) is 1.24. The Balaban J connectivity index is 2.30. The van der Waals surface area contributed by atoms with Crippen LogP contribution in [0.25, 0.3) is 10.8 Å². The van der Waals surface area contributed by atoms with Crippen LogP contribution in [0.3, 0.4) is 0 Å². The largest absolute Gasteiger partial charge is 0.334 e. The lowest BCUT2D eigenvalue weighted by molar-refractivity contribution is 0.251. The van der Waals surface area contributed by atoms with Gasteiger partial charge in [-0.25, -0.2) is 4.79 Å². The van der Waals surface area contributed by atoms with E-state index in [1.807, 2.05) is 24.3 Å². The van der Waals surface area contributed by atoms with Crippen LogP contribution in [0.1, 0.15) is 5.56 Å². The Morgan fingerprint density at radius 3 is 2.87 bits per heavy atom. The number of carbonyl (C=O) groups is 1. The highest BCUT2D eigenvalue weighted by Crippen LogP contribution is 2.27. The molecule has 0 aliphatic carbocycles. The van der Waals surface area contributed by atoms with Crippen molar-refractivity contribution in [2.75, 3.05) is 5.32 Å². The minimum atomic E-state index is -0.127. The summed E-state index contributed by atoms with van der Waals surface area (Å²) in [5.74, 6) is 0. The van der Waals surface area contributed by atoms with E-state index in [9.17, 15) is 4.79 Å². The van der Waals surface area contributed by atoms with Crippen LogP contribution in [-0.4, -0.2) is 6.03 Å². The van der Waals surface area contributed by atoms with Crippen molar-refractivity contribution in [1.29, 1.82) is 0 Å². The van der Waals surface area contributed by atoms with Gasteiger partial charge in [-0.05, 0) is 16.8 Å². The van der Waals surface area contributed by atoms with Crippen LogP contribution in [0.2, 0.25) is 0 Å². The van der Waals surface area contributed by atoms with E-state index in [4.69, 9.17) is 0 Å². The van der Waals surface area contributed by atoms with E-state index >= 15 is 0 Å². The molecular formula is C12H10N2O. The number of anilines is 1.